The lowest BCUT2D eigenvalue weighted by molar-refractivity contribution is 0.624. The number of thiocarbonyl (C=S) groups is 1. The number of hydrogen-bond donors (Lipinski definition) is 2. The first-order valence-electron chi connectivity index (χ1n) is 6.86. The minimum atomic E-state index is -0.234. The summed E-state index contributed by atoms with van der Waals surface area (Å²) in [5, 5.41) is 6.92. The van der Waals surface area contributed by atoms with Gasteiger partial charge in [-0.05, 0) is 73.9 Å². The second-order valence-electron chi connectivity index (χ2n) is 5.17. The topological polar surface area (TPSA) is 24.1 Å². The summed E-state index contributed by atoms with van der Waals surface area (Å²) in [4.78, 5) is 0. The van der Waals surface area contributed by atoms with Gasteiger partial charge in [-0.15, -0.1) is 0 Å². The fourth-order valence-electron chi connectivity index (χ4n) is 2.02. The van der Waals surface area contributed by atoms with Gasteiger partial charge in [0.15, 0.2) is 5.11 Å². The summed E-state index contributed by atoms with van der Waals surface area (Å²) < 4.78 is 12.9. The van der Waals surface area contributed by atoms with E-state index < -0.39 is 0 Å². The standard InChI is InChI=1S/C17H19FN2S/c1-11-4-9-16(10-12(11)2)20-17(21)19-13(3)14-5-7-15(18)8-6-14/h4-10,13H,1-3H3,(H2,19,20,21)/t13-/m0/s1. The van der Waals surface area contributed by atoms with Crippen molar-refractivity contribution in [3.8, 4) is 0 Å². The Bertz CT molecular complexity index is 638. The average Bonchev–Trinajstić information content (AvgIpc) is 2.43. The van der Waals surface area contributed by atoms with Gasteiger partial charge in [0.25, 0.3) is 0 Å². The average molecular weight is 302 g/mol. The van der Waals surface area contributed by atoms with E-state index in [9.17, 15) is 4.39 Å². The lowest BCUT2D eigenvalue weighted by Crippen LogP contribution is -2.30. The predicted molar refractivity (Wildman–Crippen MR) is 90.1 cm³/mol. The van der Waals surface area contributed by atoms with Crippen LogP contribution in [0.5, 0.6) is 0 Å². The molecule has 0 saturated carbocycles. The van der Waals surface area contributed by atoms with Gasteiger partial charge in [-0.1, -0.05) is 18.2 Å². The van der Waals surface area contributed by atoms with Crippen molar-refractivity contribution in [1.82, 2.24) is 5.32 Å². The van der Waals surface area contributed by atoms with E-state index in [2.05, 4.69) is 36.6 Å². The summed E-state index contributed by atoms with van der Waals surface area (Å²) in [5.41, 5.74) is 4.41. The molecule has 0 unspecified atom stereocenters. The van der Waals surface area contributed by atoms with Crippen LogP contribution in [0.3, 0.4) is 0 Å². The van der Waals surface area contributed by atoms with Crippen LogP contribution in [0.4, 0.5) is 10.1 Å². The first-order valence-corrected chi connectivity index (χ1v) is 7.27. The molecule has 2 nitrogen and oxygen atoms in total. The predicted octanol–water partition coefficient (Wildman–Crippen LogP) is 4.49. The van der Waals surface area contributed by atoms with Gasteiger partial charge in [0, 0.05) is 5.69 Å². The Morgan fingerprint density at radius 3 is 2.33 bits per heavy atom. The van der Waals surface area contributed by atoms with Crippen molar-refractivity contribution in [3.05, 3.63) is 65.0 Å². The molecule has 2 aromatic carbocycles. The molecule has 21 heavy (non-hydrogen) atoms. The van der Waals surface area contributed by atoms with Gasteiger partial charge in [0.05, 0.1) is 6.04 Å². The van der Waals surface area contributed by atoms with Crippen molar-refractivity contribution in [2.24, 2.45) is 0 Å². The van der Waals surface area contributed by atoms with Gasteiger partial charge in [0.1, 0.15) is 5.82 Å². The molecule has 0 amide bonds. The van der Waals surface area contributed by atoms with Crippen LogP contribution in [0.1, 0.15) is 29.7 Å². The zero-order chi connectivity index (χ0) is 15.4. The molecule has 4 heteroatoms. The Labute approximate surface area is 130 Å². The van der Waals surface area contributed by atoms with Crippen LogP contribution in [0.15, 0.2) is 42.5 Å². The van der Waals surface area contributed by atoms with Crippen LogP contribution >= 0.6 is 12.2 Å². The number of halogens is 1. The van der Waals surface area contributed by atoms with E-state index in [1.165, 1.54) is 23.3 Å². The first-order chi connectivity index (χ1) is 9.95. The van der Waals surface area contributed by atoms with Crippen molar-refractivity contribution in [3.63, 3.8) is 0 Å². The van der Waals surface area contributed by atoms with Crippen molar-refractivity contribution >= 4 is 23.0 Å². The molecule has 2 N–H and O–H groups in total. The molecule has 0 aliphatic rings. The Morgan fingerprint density at radius 2 is 1.71 bits per heavy atom. The first kappa shape index (κ1) is 15.4. The van der Waals surface area contributed by atoms with E-state index >= 15 is 0 Å². The fraction of sp³-hybridized carbons (Fsp3) is 0.235. The highest BCUT2D eigenvalue weighted by atomic mass is 32.1. The SMILES string of the molecule is Cc1ccc(NC(=S)N[C@@H](C)c2ccc(F)cc2)cc1C. The number of aryl methyl sites for hydroxylation is 2. The summed E-state index contributed by atoms with van der Waals surface area (Å²) in [6.07, 6.45) is 0. The lowest BCUT2D eigenvalue weighted by Gasteiger charge is -2.18. The van der Waals surface area contributed by atoms with Gasteiger partial charge in [0.2, 0.25) is 0 Å². The van der Waals surface area contributed by atoms with Crippen LogP contribution in [0.2, 0.25) is 0 Å². The molecule has 0 aromatic heterocycles. The molecule has 1 atom stereocenters. The highest BCUT2D eigenvalue weighted by molar-refractivity contribution is 7.80. The smallest absolute Gasteiger partial charge is 0.171 e. The number of nitrogens with one attached hydrogen (secondary N) is 2. The van der Waals surface area contributed by atoms with Gasteiger partial charge >= 0.3 is 0 Å². The van der Waals surface area contributed by atoms with Gasteiger partial charge in [-0.3, -0.25) is 0 Å². The normalized spacial score (nSPS) is 11.8. The van der Waals surface area contributed by atoms with Gasteiger partial charge in [-0.25, -0.2) is 4.39 Å². The Kier molecular flexibility index (Phi) is 4.91. The molecule has 110 valence electrons. The van der Waals surface area contributed by atoms with Crippen molar-refractivity contribution in [2.75, 3.05) is 5.32 Å². The minimum absolute atomic E-state index is 0.0112. The Balaban J connectivity index is 1.97. The lowest BCUT2D eigenvalue weighted by atomic mass is 10.1. The largest absolute Gasteiger partial charge is 0.356 e. The summed E-state index contributed by atoms with van der Waals surface area (Å²) in [5.74, 6) is -0.234. The monoisotopic (exact) mass is 302 g/mol. The zero-order valence-corrected chi connectivity index (χ0v) is 13.2. The van der Waals surface area contributed by atoms with Crippen molar-refractivity contribution in [1.29, 1.82) is 0 Å². The van der Waals surface area contributed by atoms with E-state index in [4.69, 9.17) is 12.2 Å². The third-order valence-electron chi connectivity index (χ3n) is 3.48. The molecule has 0 fully saturated rings. The van der Waals surface area contributed by atoms with E-state index in [0.29, 0.717) is 5.11 Å². The molecular formula is C17H19FN2S. The van der Waals surface area contributed by atoms with Crippen LogP contribution in [-0.4, -0.2) is 5.11 Å². The summed E-state index contributed by atoms with van der Waals surface area (Å²) in [7, 11) is 0. The quantitative estimate of drug-likeness (QED) is 0.817. The maximum atomic E-state index is 12.9. The second-order valence-corrected chi connectivity index (χ2v) is 5.58. The molecule has 0 spiro atoms. The molecular weight excluding hydrogens is 283 g/mol. The third kappa shape index (κ3) is 4.26. The maximum Gasteiger partial charge on any atom is 0.171 e. The molecule has 0 heterocycles. The maximum absolute atomic E-state index is 12.9. The van der Waals surface area contributed by atoms with Crippen LogP contribution < -0.4 is 10.6 Å². The van der Waals surface area contributed by atoms with Crippen LogP contribution in [0.25, 0.3) is 0 Å². The van der Waals surface area contributed by atoms with E-state index in [1.54, 1.807) is 12.1 Å². The van der Waals surface area contributed by atoms with Crippen LogP contribution in [0, 0.1) is 19.7 Å². The number of benzene rings is 2. The Hall–Kier alpha value is -1.94. The molecule has 0 aliphatic heterocycles. The fourth-order valence-corrected chi connectivity index (χ4v) is 2.31. The number of anilines is 1. The van der Waals surface area contributed by atoms with Crippen molar-refractivity contribution in [2.45, 2.75) is 26.8 Å². The second kappa shape index (κ2) is 6.68. The Morgan fingerprint density at radius 1 is 1.05 bits per heavy atom. The zero-order valence-electron chi connectivity index (χ0n) is 12.4. The highest BCUT2D eigenvalue weighted by Gasteiger charge is 2.07. The number of hydrogen-bond acceptors (Lipinski definition) is 1. The van der Waals surface area contributed by atoms with E-state index in [-0.39, 0.29) is 11.9 Å². The molecule has 2 aromatic rings. The molecule has 0 saturated heterocycles. The van der Waals surface area contributed by atoms with Crippen molar-refractivity contribution < 1.29 is 4.39 Å². The summed E-state index contributed by atoms with van der Waals surface area (Å²) in [6, 6.07) is 12.5. The minimum Gasteiger partial charge on any atom is -0.356 e. The summed E-state index contributed by atoms with van der Waals surface area (Å²) >= 11 is 5.32. The van der Waals surface area contributed by atoms with Gasteiger partial charge < -0.3 is 10.6 Å². The van der Waals surface area contributed by atoms with Gasteiger partial charge in [-0.2, -0.15) is 0 Å². The van der Waals surface area contributed by atoms with E-state index in [0.717, 1.165) is 11.3 Å². The molecule has 0 bridgehead atoms. The third-order valence-corrected chi connectivity index (χ3v) is 3.70. The molecule has 0 radical (unpaired) electrons. The van der Waals surface area contributed by atoms with E-state index in [1.807, 2.05) is 13.0 Å². The summed E-state index contributed by atoms with van der Waals surface area (Å²) in [6.45, 7) is 6.13. The molecule has 2 rings (SSSR count). The highest BCUT2D eigenvalue weighted by Crippen LogP contribution is 2.16. The molecule has 0 aliphatic carbocycles. The number of rotatable bonds is 3. The van der Waals surface area contributed by atoms with Crippen LogP contribution in [-0.2, 0) is 0 Å².